The Morgan fingerprint density at radius 2 is 1.83 bits per heavy atom. The molecule has 2 unspecified atom stereocenters. The minimum absolute atomic E-state index is 0.0150. The van der Waals surface area contributed by atoms with Gasteiger partial charge in [0.2, 0.25) is 0 Å². The average Bonchev–Trinajstić information content (AvgIpc) is 2.55. The molecule has 3 aromatic carbocycles. The van der Waals surface area contributed by atoms with E-state index in [1.165, 1.54) is 16.3 Å². The van der Waals surface area contributed by atoms with E-state index in [-0.39, 0.29) is 12.1 Å². The summed E-state index contributed by atoms with van der Waals surface area (Å²) in [5, 5.41) is 3.16. The van der Waals surface area contributed by atoms with Crippen molar-refractivity contribution in [1.29, 1.82) is 0 Å². The molecular weight excluding hydrogens is 318 g/mol. The van der Waals surface area contributed by atoms with E-state index in [0.717, 1.165) is 17.7 Å². The molecule has 24 heavy (non-hydrogen) atoms. The number of hydrogen-bond donors (Lipinski definition) is 1. The Balaban J connectivity index is 1.69. The van der Waals surface area contributed by atoms with Gasteiger partial charge in [0.05, 0.1) is 6.10 Å². The van der Waals surface area contributed by atoms with Gasteiger partial charge in [-0.2, -0.15) is 0 Å². The highest BCUT2D eigenvalue weighted by molar-refractivity contribution is 6.30. The van der Waals surface area contributed by atoms with Gasteiger partial charge >= 0.3 is 0 Å². The summed E-state index contributed by atoms with van der Waals surface area (Å²) in [6.07, 6.45) is 0.743. The normalized spacial score (nSPS) is 13.7. The topological polar surface area (TPSA) is 35.2 Å². The Kier molecular flexibility index (Phi) is 5.08. The van der Waals surface area contributed by atoms with E-state index in [2.05, 4.69) is 37.3 Å². The quantitative estimate of drug-likeness (QED) is 0.651. The summed E-state index contributed by atoms with van der Waals surface area (Å²) in [5.74, 6) is 0.874. The van der Waals surface area contributed by atoms with Gasteiger partial charge in [-0.3, -0.25) is 0 Å². The zero-order valence-corrected chi connectivity index (χ0v) is 14.8. The number of aryl methyl sites for hydroxylation is 1. The first-order valence-electron chi connectivity index (χ1n) is 8.20. The van der Waals surface area contributed by atoms with Crippen LogP contribution >= 0.6 is 11.6 Å². The molecular formula is C21H22ClNO. The van der Waals surface area contributed by atoms with Gasteiger partial charge in [-0.15, -0.1) is 0 Å². The van der Waals surface area contributed by atoms with Gasteiger partial charge in [-0.25, -0.2) is 0 Å². The molecule has 0 aromatic heterocycles. The number of fused-ring (bicyclic) bond motifs is 1. The van der Waals surface area contributed by atoms with Crippen molar-refractivity contribution in [2.45, 2.75) is 32.4 Å². The summed E-state index contributed by atoms with van der Waals surface area (Å²) in [6.45, 7) is 4.17. The van der Waals surface area contributed by atoms with E-state index in [9.17, 15) is 0 Å². The highest BCUT2D eigenvalue weighted by Crippen LogP contribution is 2.26. The second-order valence-electron chi connectivity index (χ2n) is 6.28. The zero-order valence-electron chi connectivity index (χ0n) is 14.0. The number of halogens is 1. The van der Waals surface area contributed by atoms with Gasteiger partial charge in [0, 0.05) is 17.5 Å². The second-order valence-corrected chi connectivity index (χ2v) is 6.72. The lowest BCUT2D eigenvalue weighted by Gasteiger charge is -2.20. The molecule has 2 atom stereocenters. The smallest absolute Gasteiger partial charge is 0.120 e. The lowest BCUT2D eigenvalue weighted by molar-refractivity contribution is 0.201. The number of rotatable bonds is 5. The molecule has 0 heterocycles. The van der Waals surface area contributed by atoms with Crippen molar-refractivity contribution in [3.8, 4) is 5.75 Å². The molecule has 3 aromatic rings. The molecule has 2 N–H and O–H groups in total. The van der Waals surface area contributed by atoms with Crippen LogP contribution in [0.25, 0.3) is 10.8 Å². The van der Waals surface area contributed by atoms with Crippen LogP contribution in [0.3, 0.4) is 0 Å². The summed E-state index contributed by atoms with van der Waals surface area (Å²) in [7, 11) is 0. The predicted molar refractivity (Wildman–Crippen MR) is 102 cm³/mol. The molecule has 0 spiro atoms. The molecule has 3 rings (SSSR count). The van der Waals surface area contributed by atoms with E-state index < -0.39 is 0 Å². The minimum atomic E-state index is -0.0959. The summed E-state index contributed by atoms with van der Waals surface area (Å²) in [4.78, 5) is 0. The Labute approximate surface area is 148 Å². The zero-order chi connectivity index (χ0) is 17.1. The fourth-order valence-electron chi connectivity index (χ4n) is 3.01. The van der Waals surface area contributed by atoms with Crippen LogP contribution in [0, 0.1) is 6.92 Å². The molecule has 0 radical (unpaired) electrons. The summed E-state index contributed by atoms with van der Waals surface area (Å²) < 4.78 is 6.07. The van der Waals surface area contributed by atoms with Crippen LogP contribution in [-0.2, 0) is 0 Å². The number of hydrogen-bond acceptors (Lipinski definition) is 2. The van der Waals surface area contributed by atoms with Crippen molar-refractivity contribution in [1.82, 2.24) is 0 Å². The molecule has 0 amide bonds. The maximum absolute atomic E-state index is 6.29. The maximum atomic E-state index is 6.29. The van der Waals surface area contributed by atoms with Gasteiger partial charge in [0.15, 0.2) is 0 Å². The molecule has 0 saturated heterocycles. The summed E-state index contributed by atoms with van der Waals surface area (Å²) in [6, 6.07) is 20.1. The highest BCUT2D eigenvalue weighted by atomic mass is 35.5. The third-order valence-corrected chi connectivity index (χ3v) is 4.50. The largest absolute Gasteiger partial charge is 0.491 e. The molecule has 0 saturated carbocycles. The van der Waals surface area contributed by atoms with Crippen molar-refractivity contribution >= 4 is 22.4 Å². The van der Waals surface area contributed by atoms with Crippen LogP contribution in [0.15, 0.2) is 60.7 Å². The van der Waals surface area contributed by atoms with Crippen molar-refractivity contribution in [3.05, 3.63) is 76.8 Å². The first-order chi connectivity index (χ1) is 11.5. The Morgan fingerprint density at radius 1 is 1.04 bits per heavy atom. The predicted octanol–water partition coefficient (Wildman–Crippen LogP) is 5.66. The van der Waals surface area contributed by atoms with E-state index >= 15 is 0 Å². The number of benzene rings is 3. The molecule has 124 valence electrons. The van der Waals surface area contributed by atoms with Crippen LogP contribution in [0.4, 0.5) is 0 Å². The van der Waals surface area contributed by atoms with Gasteiger partial charge in [-0.1, -0.05) is 48.0 Å². The summed E-state index contributed by atoms with van der Waals surface area (Å²) >= 11 is 6.04. The molecule has 0 aliphatic heterocycles. The first kappa shape index (κ1) is 16.8. The molecule has 3 heteroatoms. The van der Waals surface area contributed by atoms with Crippen LogP contribution in [-0.4, -0.2) is 6.10 Å². The van der Waals surface area contributed by atoms with Crippen LogP contribution in [0.2, 0.25) is 5.02 Å². The van der Waals surface area contributed by atoms with Crippen LogP contribution in [0.1, 0.15) is 30.5 Å². The van der Waals surface area contributed by atoms with Crippen molar-refractivity contribution in [3.63, 3.8) is 0 Å². The lowest BCUT2D eigenvalue weighted by Crippen LogP contribution is -2.21. The van der Waals surface area contributed by atoms with Crippen LogP contribution in [0.5, 0.6) is 5.75 Å². The standard InChI is InChI=1S/C21H22ClNO/c1-14-5-3-6-16-13-19(9-10-20(14)16)24-15(2)11-21(23)17-7-4-8-18(22)12-17/h3-10,12-13,15,21H,11,23H2,1-2H3. The Morgan fingerprint density at radius 3 is 2.62 bits per heavy atom. The van der Waals surface area contributed by atoms with Crippen LogP contribution < -0.4 is 10.5 Å². The van der Waals surface area contributed by atoms with E-state index in [1.807, 2.05) is 37.3 Å². The van der Waals surface area contributed by atoms with Gasteiger partial charge in [0.1, 0.15) is 5.75 Å². The first-order valence-corrected chi connectivity index (χ1v) is 8.58. The number of ether oxygens (including phenoxy) is 1. The van der Waals surface area contributed by atoms with E-state index in [4.69, 9.17) is 22.1 Å². The lowest BCUT2D eigenvalue weighted by atomic mass is 10.0. The molecule has 0 aliphatic rings. The summed E-state index contributed by atoms with van der Waals surface area (Å²) in [5.41, 5.74) is 8.60. The van der Waals surface area contributed by atoms with Crippen molar-refractivity contribution < 1.29 is 4.74 Å². The van der Waals surface area contributed by atoms with Gasteiger partial charge in [0.25, 0.3) is 0 Å². The Hall–Kier alpha value is -2.03. The fraction of sp³-hybridized carbons (Fsp3) is 0.238. The Bertz CT molecular complexity index is 846. The SMILES string of the molecule is Cc1cccc2cc(OC(C)CC(N)c3cccc(Cl)c3)ccc12. The van der Waals surface area contributed by atoms with Crippen molar-refractivity contribution in [2.75, 3.05) is 0 Å². The monoisotopic (exact) mass is 339 g/mol. The third kappa shape index (κ3) is 3.89. The van der Waals surface area contributed by atoms with E-state index in [1.54, 1.807) is 0 Å². The fourth-order valence-corrected chi connectivity index (χ4v) is 3.21. The maximum Gasteiger partial charge on any atom is 0.120 e. The van der Waals surface area contributed by atoms with Gasteiger partial charge < -0.3 is 10.5 Å². The molecule has 2 nitrogen and oxygen atoms in total. The molecule has 0 fully saturated rings. The average molecular weight is 340 g/mol. The third-order valence-electron chi connectivity index (χ3n) is 4.27. The van der Waals surface area contributed by atoms with Crippen molar-refractivity contribution in [2.24, 2.45) is 5.73 Å². The molecule has 0 bridgehead atoms. The molecule has 0 aliphatic carbocycles. The highest BCUT2D eigenvalue weighted by Gasteiger charge is 2.13. The second kappa shape index (κ2) is 7.25. The van der Waals surface area contributed by atoms with Gasteiger partial charge in [-0.05, 0) is 60.0 Å². The van der Waals surface area contributed by atoms with E-state index in [0.29, 0.717) is 5.02 Å². The minimum Gasteiger partial charge on any atom is -0.491 e. The number of nitrogens with two attached hydrogens (primary N) is 1.